The lowest BCUT2D eigenvalue weighted by Gasteiger charge is -2.06. The van der Waals surface area contributed by atoms with E-state index in [9.17, 15) is 4.79 Å². The lowest BCUT2D eigenvalue weighted by Crippen LogP contribution is -2.14. The van der Waals surface area contributed by atoms with Crippen LogP contribution in [0.5, 0.6) is 0 Å². The number of carbonyl (C=O) groups is 1. The SMILES string of the molecule is CCc1[nH]nc(C(=O)Nc2ccc(Cl)cc2Br)c1N. The quantitative estimate of drug-likeness (QED) is 0.800. The zero-order valence-corrected chi connectivity index (χ0v) is 12.5. The molecule has 0 aliphatic rings. The summed E-state index contributed by atoms with van der Waals surface area (Å²) in [7, 11) is 0. The van der Waals surface area contributed by atoms with Crippen molar-refractivity contribution in [3.63, 3.8) is 0 Å². The van der Waals surface area contributed by atoms with E-state index in [0.29, 0.717) is 27.3 Å². The Morgan fingerprint density at radius 2 is 2.32 bits per heavy atom. The van der Waals surface area contributed by atoms with Crippen molar-refractivity contribution in [2.75, 3.05) is 11.1 Å². The first-order chi connectivity index (χ1) is 9.02. The summed E-state index contributed by atoms with van der Waals surface area (Å²) in [6.07, 6.45) is 0.691. The third kappa shape index (κ3) is 2.90. The highest BCUT2D eigenvalue weighted by Gasteiger charge is 2.17. The number of H-pyrrole nitrogens is 1. The highest BCUT2D eigenvalue weighted by Crippen LogP contribution is 2.26. The van der Waals surface area contributed by atoms with E-state index >= 15 is 0 Å². The summed E-state index contributed by atoms with van der Waals surface area (Å²) < 4.78 is 0.693. The van der Waals surface area contributed by atoms with E-state index < -0.39 is 0 Å². The number of carbonyl (C=O) groups excluding carboxylic acids is 1. The van der Waals surface area contributed by atoms with E-state index in [0.717, 1.165) is 5.69 Å². The van der Waals surface area contributed by atoms with Gasteiger partial charge in [0.25, 0.3) is 5.91 Å². The Morgan fingerprint density at radius 1 is 1.58 bits per heavy atom. The fraction of sp³-hybridized carbons (Fsp3) is 0.167. The van der Waals surface area contributed by atoms with Crippen molar-refractivity contribution >= 4 is 44.8 Å². The van der Waals surface area contributed by atoms with Crippen LogP contribution in [0.15, 0.2) is 22.7 Å². The van der Waals surface area contributed by atoms with Gasteiger partial charge in [0.2, 0.25) is 0 Å². The van der Waals surface area contributed by atoms with E-state index in [1.165, 1.54) is 0 Å². The first kappa shape index (κ1) is 13.9. The van der Waals surface area contributed by atoms with Gasteiger partial charge in [-0.1, -0.05) is 18.5 Å². The summed E-state index contributed by atoms with van der Waals surface area (Å²) in [5, 5.41) is 9.98. The van der Waals surface area contributed by atoms with Crippen LogP contribution in [0.4, 0.5) is 11.4 Å². The largest absolute Gasteiger partial charge is 0.395 e. The fourth-order valence-electron chi connectivity index (χ4n) is 1.60. The molecule has 2 aromatic rings. The Labute approximate surface area is 123 Å². The maximum atomic E-state index is 12.1. The monoisotopic (exact) mass is 342 g/mol. The third-order valence-corrected chi connectivity index (χ3v) is 3.52. The summed E-state index contributed by atoms with van der Waals surface area (Å²) in [5.74, 6) is -0.364. The molecule has 1 amide bonds. The molecule has 0 spiro atoms. The number of hydrogen-bond donors (Lipinski definition) is 3. The van der Waals surface area contributed by atoms with Crippen LogP contribution in [0.1, 0.15) is 23.1 Å². The molecule has 100 valence electrons. The van der Waals surface area contributed by atoms with Gasteiger partial charge in [0.1, 0.15) is 0 Å². The maximum Gasteiger partial charge on any atom is 0.278 e. The third-order valence-electron chi connectivity index (χ3n) is 2.63. The van der Waals surface area contributed by atoms with Crippen molar-refractivity contribution in [1.29, 1.82) is 0 Å². The zero-order chi connectivity index (χ0) is 14.0. The van der Waals surface area contributed by atoms with Crippen LogP contribution >= 0.6 is 27.5 Å². The Hall–Kier alpha value is -1.53. The number of nitrogen functional groups attached to an aromatic ring is 1. The van der Waals surface area contributed by atoms with Gasteiger partial charge in [0, 0.05) is 9.50 Å². The van der Waals surface area contributed by atoms with Crippen molar-refractivity contribution in [3.8, 4) is 0 Å². The lowest BCUT2D eigenvalue weighted by atomic mass is 10.2. The summed E-state index contributed by atoms with van der Waals surface area (Å²) in [6.45, 7) is 1.93. The molecule has 1 heterocycles. The minimum absolute atomic E-state index is 0.193. The van der Waals surface area contributed by atoms with Crippen LogP contribution < -0.4 is 11.1 Å². The van der Waals surface area contributed by atoms with Gasteiger partial charge in [-0.05, 0) is 40.5 Å². The second-order valence-corrected chi connectivity index (χ2v) is 5.19. The number of hydrogen-bond acceptors (Lipinski definition) is 3. The molecule has 0 bridgehead atoms. The molecule has 0 aliphatic heterocycles. The molecule has 4 N–H and O–H groups in total. The van der Waals surface area contributed by atoms with E-state index in [1.807, 2.05) is 6.92 Å². The standard InChI is InChI=1S/C12H12BrClN4O/c1-2-8-10(15)11(18-17-8)12(19)16-9-4-3-6(14)5-7(9)13/h3-5H,2,15H2,1H3,(H,16,19)(H,17,18). The van der Waals surface area contributed by atoms with Crippen LogP contribution in [-0.4, -0.2) is 16.1 Å². The van der Waals surface area contributed by atoms with E-state index in [-0.39, 0.29) is 11.6 Å². The van der Waals surface area contributed by atoms with Gasteiger partial charge in [-0.2, -0.15) is 5.10 Å². The highest BCUT2D eigenvalue weighted by atomic mass is 79.9. The van der Waals surface area contributed by atoms with Crippen LogP contribution in [-0.2, 0) is 6.42 Å². The average molecular weight is 344 g/mol. The molecule has 0 saturated heterocycles. The van der Waals surface area contributed by atoms with E-state index in [1.54, 1.807) is 18.2 Å². The van der Waals surface area contributed by atoms with Crippen LogP contribution in [0.3, 0.4) is 0 Å². The van der Waals surface area contributed by atoms with Crippen molar-refractivity contribution < 1.29 is 4.79 Å². The molecule has 0 atom stereocenters. The van der Waals surface area contributed by atoms with Gasteiger partial charge in [-0.3, -0.25) is 9.89 Å². The topological polar surface area (TPSA) is 83.8 Å². The highest BCUT2D eigenvalue weighted by molar-refractivity contribution is 9.10. The second kappa shape index (κ2) is 5.63. The zero-order valence-electron chi connectivity index (χ0n) is 10.1. The first-order valence-corrected chi connectivity index (χ1v) is 6.79. The number of anilines is 2. The number of benzene rings is 1. The molecule has 1 aromatic carbocycles. The van der Waals surface area contributed by atoms with Gasteiger partial charge in [0.05, 0.1) is 17.1 Å². The van der Waals surface area contributed by atoms with Gasteiger partial charge >= 0.3 is 0 Å². The number of aromatic nitrogens is 2. The van der Waals surface area contributed by atoms with Crippen LogP contribution in [0.25, 0.3) is 0 Å². The molecule has 1 aromatic heterocycles. The first-order valence-electron chi connectivity index (χ1n) is 5.62. The molecule has 0 aliphatic carbocycles. The van der Waals surface area contributed by atoms with Crippen molar-refractivity contribution in [2.24, 2.45) is 0 Å². The summed E-state index contributed by atoms with van der Waals surface area (Å²) in [4.78, 5) is 12.1. The molecule has 5 nitrogen and oxygen atoms in total. The molecule has 2 rings (SSSR count). The van der Waals surface area contributed by atoms with Crippen molar-refractivity contribution in [2.45, 2.75) is 13.3 Å². The number of rotatable bonds is 3. The predicted octanol–water partition coefficient (Wildman–Crippen LogP) is 3.22. The molecule has 0 fully saturated rings. The number of amides is 1. The maximum absolute atomic E-state index is 12.1. The second-order valence-electron chi connectivity index (χ2n) is 3.90. The Balaban J connectivity index is 2.23. The molecule has 7 heteroatoms. The van der Waals surface area contributed by atoms with Crippen molar-refractivity contribution in [1.82, 2.24) is 10.2 Å². The minimum atomic E-state index is -0.364. The normalized spacial score (nSPS) is 10.5. The number of aromatic amines is 1. The van der Waals surface area contributed by atoms with Gasteiger partial charge in [0.15, 0.2) is 5.69 Å². The molecular weight excluding hydrogens is 332 g/mol. The fourth-order valence-corrected chi connectivity index (χ4v) is 2.38. The van der Waals surface area contributed by atoms with Crippen LogP contribution in [0, 0.1) is 0 Å². The molecule has 0 unspecified atom stereocenters. The van der Waals surface area contributed by atoms with Crippen LogP contribution in [0.2, 0.25) is 5.02 Å². The smallest absolute Gasteiger partial charge is 0.278 e. The summed E-state index contributed by atoms with van der Waals surface area (Å²) >= 11 is 9.16. The molecule has 0 radical (unpaired) electrons. The van der Waals surface area contributed by atoms with Gasteiger partial charge in [-0.15, -0.1) is 0 Å². The van der Waals surface area contributed by atoms with E-state index in [4.69, 9.17) is 17.3 Å². The van der Waals surface area contributed by atoms with Gasteiger partial charge < -0.3 is 11.1 Å². The summed E-state index contributed by atoms with van der Waals surface area (Å²) in [5.41, 5.74) is 7.77. The number of nitrogens with zero attached hydrogens (tertiary/aromatic N) is 1. The van der Waals surface area contributed by atoms with Gasteiger partial charge in [-0.25, -0.2) is 0 Å². The Morgan fingerprint density at radius 3 is 2.89 bits per heavy atom. The van der Waals surface area contributed by atoms with Crippen molar-refractivity contribution in [3.05, 3.63) is 39.1 Å². The number of aryl methyl sites for hydroxylation is 1. The molecule has 0 saturated carbocycles. The number of halogens is 2. The lowest BCUT2D eigenvalue weighted by molar-refractivity contribution is 0.102. The molecule has 19 heavy (non-hydrogen) atoms. The minimum Gasteiger partial charge on any atom is -0.395 e. The summed E-state index contributed by atoms with van der Waals surface area (Å²) in [6, 6.07) is 5.09. The predicted molar refractivity (Wildman–Crippen MR) is 79.5 cm³/mol. The Kier molecular flexibility index (Phi) is 4.11. The average Bonchev–Trinajstić information content (AvgIpc) is 2.74. The number of nitrogens with one attached hydrogen (secondary N) is 2. The molecular formula is C12H12BrClN4O. The van der Waals surface area contributed by atoms with E-state index in [2.05, 4.69) is 31.4 Å². The number of nitrogens with two attached hydrogens (primary N) is 1. The Bertz CT molecular complexity index is 626.